The van der Waals surface area contributed by atoms with Crippen molar-refractivity contribution in [2.45, 2.75) is 20.8 Å². The summed E-state index contributed by atoms with van der Waals surface area (Å²) in [7, 11) is 1.37. The number of nitrogens with zero attached hydrogens (tertiary/aromatic N) is 1. The van der Waals surface area contributed by atoms with Gasteiger partial charge in [0.25, 0.3) is 0 Å². The molecule has 0 fully saturated rings. The summed E-state index contributed by atoms with van der Waals surface area (Å²) in [6.45, 7) is 10.3. The molecule has 2 aromatic rings. The standard InChI is InChI=1S/C21H18ClF2NO.C2H6/c1-4-25-13(2)17(22)12-16(14-8-6-5-7-9-14)21(25)20-18(23)10-15(26-3)11-19(20)24;1-2/h5-12H,2,4H2,1,3H3;1-2H3. The van der Waals surface area contributed by atoms with Crippen molar-refractivity contribution < 1.29 is 13.5 Å². The van der Waals surface area contributed by atoms with Crippen LogP contribution in [-0.2, 0) is 0 Å². The Morgan fingerprint density at radius 3 is 2.14 bits per heavy atom. The fourth-order valence-electron chi connectivity index (χ4n) is 3.04. The third kappa shape index (κ3) is 4.12. The highest BCUT2D eigenvalue weighted by Gasteiger charge is 2.29. The molecule has 0 unspecified atom stereocenters. The molecule has 0 saturated heterocycles. The van der Waals surface area contributed by atoms with Gasteiger partial charge in [-0.15, -0.1) is 0 Å². The maximum Gasteiger partial charge on any atom is 0.139 e. The number of hydrogen-bond acceptors (Lipinski definition) is 2. The van der Waals surface area contributed by atoms with Crippen molar-refractivity contribution in [1.29, 1.82) is 0 Å². The second-order valence-electron chi connectivity index (χ2n) is 5.78. The molecule has 0 radical (unpaired) electrons. The highest BCUT2D eigenvalue weighted by molar-refractivity contribution is 6.33. The highest BCUT2D eigenvalue weighted by atomic mass is 35.5. The molecule has 2 nitrogen and oxygen atoms in total. The lowest BCUT2D eigenvalue weighted by Gasteiger charge is -2.34. The minimum absolute atomic E-state index is 0.122. The second-order valence-corrected chi connectivity index (χ2v) is 6.18. The van der Waals surface area contributed by atoms with E-state index in [1.54, 1.807) is 11.0 Å². The normalized spacial score (nSPS) is 13.8. The summed E-state index contributed by atoms with van der Waals surface area (Å²) in [6, 6.07) is 11.7. The Balaban J connectivity index is 0.00000136. The van der Waals surface area contributed by atoms with E-state index in [4.69, 9.17) is 16.3 Å². The smallest absolute Gasteiger partial charge is 0.139 e. The number of methoxy groups -OCH3 is 1. The number of likely N-dealkylation sites (N-methyl/N-ethyl adjacent to an activating group) is 1. The first-order valence-corrected chi connectivity index (χ1v) is 9.52. The molecule has 0 amide bonds. The lowest BCUT2D eigenvalue weighted by molar-refractivity contribution is 0.405. The van der Waals surface area contributed by atoms with E-state index in [0.717, 1.165) is 5.56 Å². The Morgan fingerprint density at radius 2 is 1.64 bits per heavy atom. The van der Waals surface area contributed by atoms with Gasteiger partial charge in [-0.2, -0.15) is 0 Å². The Bertz CT molecular complexity index is 896. The predicted molar refractivity (Wildman–Crippen MR) is 113 cm³/mol. The van der Waals surface area contributed by atoms with E-state index < -0.39 is 11.6 Å². The molecule has 148 valence electrons. The Labute approximate surface area is 170 Å². The van der Waals surface area contributed by atoms with E-state index >= 15 is 0 Å². The maximum atomic E-state index is 14.8. The molecule has 1 heterocycles. The highest BCUT2D eigenvalue weighted by Crippen LogP contribution is 2.42. The average Bonchev–Trinajstić information content (AvgIpc) is 2.72. The molecule has 0 N–H and O–H groups in total. The molecule has 0 saturated carbocycles. The van der Waals surface area contributed by atoms with Crippen molar-refractivity contribution in [2.24, 2.45) is 0 Å². The van der Waals surface area contributed by atoms with Crippen molar-refractivity contribution in [3.8, 4) is 5.75 Å². The van der Waals surface area contributed by atoms with Crippen molar-refractivity contribution in [1.82, 2.24) is 4.90 Å². The van der Waals surface area contributed by atoms with Crippen LogP contribution in [0.15, 0.2) is 65.8 Å². The molecule has 28 heavy (non-hydrogen) atoms. The SMILES string of the molecule is C=C1C(Cl)=CC(c2ccccc2)=C(c2c(F)cc(OC)cc2F)N1CC.CC. The van der Waals surface area contributed by atoms with Gasteiger partial charge in [0.05, 0.1) is 29.1 Å². The monoisotopic (exact) mass is 403 g/mol. The number of hydrogen-bond donors (Lipinski definition) is 0. The molecule has 0 aliphatic carbocycles. The molecule has 0 bridgehead atoms. The van der Waals surface area contributed by atoms with Gasteiger partial charge in [-0.25, -0.2) is 8.78 Å². The van der Waals surface area contributed by atoms with Gasteiger partial charge >= 0.3 is 0 Å². The summed E-state index contributed by atoms with van der Waals surface area (Å²) in [5.74, 6) is -1.29. The lowest BCUT2D eigenvalue weighted by atomic mass is 9.94. The molecular formula is C23H24ClF2NO. The molecule has 0 aromatic heterocycles. The summed E-state index contributed by atoms with van der Waals surface area (Å²) >= 11 is 6.34. The van der Waals surface area contributed by atoms with Gasteiger partial charge < -0.3 is 9.64 Å². The van der Waals surface area contributed by atoms with E-state index in [1.165, 1.54) is 19.2 Å². The summed E-state index contributed by atoms with van der Waals surface area (Å²) < 4.78 is 34.6. The fraction of sp³-hybridized carbons (Fsp3) is 0.217. The van der Waals surface area contributed by atoms with Crippen LogP contribution in [0.3, 0.4) is 0 Å². The van der Waals surface area contributed by atoms with Gasteiger partial charge in [-0.1, -0.05) is 62.4 Å². The van der Waals surface area contributed by atoms with E-state index in [0.29, 0.717) is 28.5 Å². The van der Waals surface area contributed by atoms with Crippen LogP contribution in [0.5, 0.6) is 5.75 Å². The molecule has 1 aliphatic heterocycles. The third-order valence-corrected chi connectivity index (χ3v) is 4.61. The summed E-state index contributed by atoms with van der Waals surface area (Å²) in [4.78, 5) is 1.72. The van der Waals surface area contributed by atoms with Crippen LogP contribution in [-0.4, -0.2) is 18.6 Å². The van der Waals surface area contributed by atoms with Crippen LogP contribution in [0.4, 0.5) is 8.78 Å². The van der Waals surface area contributed by atoms with E-state index in [2.05, 4.69) is 6.58 Å². The van der Waals surface area contributed by atoms with Gasteiger partial charge in [-0.05, 0) is 18.6 Å². The number of benzene rings is 2. The van der Waals surface area contributed by atoms with E-state index in [9.17, 15) is 8.78 Å². The van der Waals surface area contributed by atoms with Crippen LogP contribution in [0.25, 0.3) is 11.3 Å². The molecule has 3 rings (SSSR count). The zero-order valence-corrected chi connectivity index (χ0v) is 17.3. The molecule has 2 aromatic carbocycles. The molecule has 0 spiro atoms. The molecular weight excluding hydrogens is 380 g/mol. The predicted octanol–water partition coefficient (Wildman–Crippen LogP) is 6.84. The maximum absolute atomic E-state index is 14.8. The minimum atomic E-state index is -0.706. The first kappa shape index (κ1) is 21.7. The van der Waals surface area contributed by atoms with E-state index in [-0.39, 0.29) is 11.3 Å². The third-order valence-electron chi connectivity index (χ3n) is 4.29. The zero-order valence-electron chi connectivity index (χ0n) is 16.5. The molecule has 0 atom stereocenters. The number of allylic oxidation sites excluding steroid dienone is 3. The summed E-state index contributed by atoms with van der Waals surface area (Å²) in [6.07, 6.45) is 1.70. The summed E-state index contributed by atoms with van der Waals surface area (Å²) in [5.41, 5.74) is 2.20. The van der Waals surface area contributed by atoms with Crippen LogP contribution < -0.4 is 4.74 Å². The van der Waals surface area contributed by atoms with E-state index in [1.807, 2.05) is 51.1 Å². The number of ether oxygens (including phenoxy) is 1. The first-order chi connectivity index (χ1) is 13.5. The van der Waals surface area contributed by atoms with Gasteiger partial charge in [0.15, 0.2) is 0 Å². The van der Waals surface area contributed by atoms with Crippen LogP contribution in [0.1, 0.15) is 31.9 Å². The average molecular weight is 404 g/mol. The number of halogens is 3. The van der Waals surface area contributed by atoms with Crippen LogP contribution in [0.2, 0.25) is 0 Å². The van der Waals surface area contributed by atoms with Gasteiger partial charge in [0.2, 0.25) is 0 Å². The zero-order chi connectivity index (χ0) is 20.8. The van der Waals surface area contributed by atoms with Crippen LogP contribution >= 0.6 is 11.6 Å². The van der Waals surface area contributed by atoms with Crippen molar-refractivity contribution >= 4 is 22.9 Å². The topological polar surface area (TPSA) is 12.5 Å². The molecule has 1 aliphatic rings. The van der Waals surface area contributed by atoms with Crippen molar-refractivity contribution in [2.75, 3.05) is 13.7 Å². The molecule has 5 heteroatoms. The first-order valence-electron chi connectivity index (χ1n) is 9.15. The summed E-state index contributed by atoms with van der Waals surface area (Å²) in [5, 5.41) is 0.434. The van der Waals surface area contributed by atoms with Gasteiger partial charge in [-0.3, -0.25) is 0 Å². The Morgan fingerprint density at radius 1 is 1.07 bits per heavy atom. The minimum Gasteiger partial charge on any atom is -0.497 e. The second kappa shape index (κ2) is 9.56. The van der Waals surface area contributed by atoms with Gasteiger partial charge in [0, 0.05) is 24.3 Å². The van der Waals surface area contributed by atoms with Crippen molar-refractivity contribution in [3.63, 3.8) is 0 Å². The Kier molecular flexibility index (Phi) is 7.41. The quantitative estimate of drug-likeness (QED) is 0.554. The fourth-order valence-corrected chi connectivity index (χ4v) is 3.25. The van der Waals surface area contributed by atoms with Crippen molar-refractivity contribution in [3.05, 3.63) is 88.6 Å². The lowest BCUT2D eigenvalue weighted by Crippen LogP contribution is -2.25. The van der Waals surface area contributed by atoms with Crippen LogP contribution in [0, 0.1) is 11.6 Å². The van der Waals surface area contributed by atoms with Gasteiger partial charge in [0.1, 0.15) is 17.4 Å². The number of rotatable bonds is 4. The Hall–Kier alpha value is -2.59. The largest absolute Gasteiger partial charge is 0.497 e.